The van der Waals surface area contributed by atoms with E-state index in [0.29, 0.717) is 26.2 Å². The average molecular weight is 280 g/mol. The first-order chi connectivity index (χ1) is 9.67. The molecule has 0 saturated heterocycles. The third-order valence-electron chi connectivity index (χ3n) is 2.83. The van der Waals surface area contributed by atoms with Crippen molar-refractivity contribution in [2.24, 2.45) is 5.73 Å². The highest BCUT2D eigenvalue weighted by Crippen LogP contribution is 2.12. The lowest BCUT2D eigenvalue weighted by Gasteiger charge is -2.12. The summed E-state index contributed by atoms with van der Waals surface area (Å²) in [4.78, 5) is 11.8. The number of hydrogen-bond acceptors (Lipinski definition) is 4. The van der Waals surface area contributed by atoms with Crippen molar-refractivity contribution in [1.82, 2.24) is 0 Å². The first-order valence-corrected chi connectivity index (χ1v) is 6.89. The first-order valence-electron chi connectivity index (χ1n) is 6.89. The summed E-state index contributed by atoms with van der Waals surface area (Å²) >= 11 is 0. The van der Waals surface area contributed by atoms with Crippen molar-refractivity contribution in [3.63, 3.8) is 0 Å². The highest BCUT2D eigenvalue weighted by atomic mass is 16.5. The van der Waals surface area contributed by atoms with Gasteiger partial charge in [0.15, 0.2) is 0 Å². The van der Waals surface area contributed by atoms with Gasteiger partial charge in [-0.15, -0.1) is 0 Å². The minimum atomic E-state index is -0.457. The molecule has 0 aliphatic carbocycles. The monoisotopic (exact) mass is 280 g/mol. The van der Waals surface area contributed by atoms with Gasteiger partial charge in [-0.3, -0.25) is 4.79 Å². The molecule has 0 aliphatic heterocycles. The van der Waals surface area contributed by atoms with Gasteiger partial charge < -0.3 is 20.5 Å². The van der Waals surface area contributed by atoms with Crippen molar-refractivity contribution in [3.05, 3.63) is 29.8 Å². The fraction of sp³-hybridized carbons (Fsp3) is 0.533. The fourth-order valence-electron chi connectivity index (χ4n) is 1.75. The van der Waals surface area contributed by atoms with Gasteiger partial charge in [0.05, 0.1) is 25.9 Å². The Morgan fingerprint density at radius 2 is 2.20 bits per heavy atom. The van der Waals surface area contributed by atoms with Gasteiger partial charge in [0.1, 0.15) is 0 Å². The third kappa shape index (κ3) is 6.14. The van der Waals surface area contributed by atoms with Gasteiger partial charge in [0.25, 0.3) is 0 Å². The van der Waals surface area contributed by atoms with Crippen LogP contribution in [-0.4, -0.2) is 32.3 Å². The summed E-state index contributed by atoms with van der Waals surface area (Å²) in [5, 5.41) is 2.82. The second-order valence-corrected chi connectivity index (χ2v) is 4.63. The molecule has 0 aliphatic rings. The predicted molar refractivity (Wildman–Crippen MR) is 79.5 cm³/mol. The van der Waals surface area contributed by atoms with Crippen LogP contribution in [0.25, 0.3) is 0 Å². The number of amides is 1. The Bertz CT molecular complexity index is 410. The molecule has 3 N–H and O–H groups in total. The van der Waals surface area contributed by atoms with Crippen molar-refractivity contribution >= 4 is 11.6 Å². The molecule has 1 amide bonds. The Balaban J connectivity index is 2.48. The molecule has 0 heterocycles. The van der Waals surface area contributed by atoms with Crippen LogP contribution in [0.1, 0.15) is 25.3 Å². The van der Waals surface area contributed by atoms with E-state index < -0.39 is 6.04 Å². The lowest BCUT2D eigenvalue weighted by molar-refractivity contribution is -0.117. The number of methoxy groups -OCH3 is 1. The highest BCUT2D eigenvalue weighted by Gasteiger charge is 2.12. The molecule has 20 heavy (non-hydrogen) atoms. The summed E-state index contributed by atoms with van der Waals surface area (Å²) in [6.45, 7) is 3.62. The van der Waals surface area contributed by atoms with Crippen LogP contribution in [-0.2, 0) is 20.9 Å². The molecule has 0 spiro atoms. The predicted octanol–water partition coefficient (Wildman–Crippen LogP) is 1.92. The number of carbonyl (C=O) groups excluding carboxylic acids is 1. The molecule has 1 aromatic carbocycles. The van der Waals surface area contributed by atoms with E-state index in [-0.39, 0.29) is 5.91 Å². The van der Waals surface area contributed by atoms with Gasteiger partial charge >= 0.3 is 0 Å². The summed E-state index contributed by atoms with van der Waals surface area (Å²) in [6.07, 6.45) is 1.58. The van der Waals surface area contributed by atoms with E-state index in [1.54, 1.807) is 7.11 Å². The number of ether oxygens (including phenoxy) is 2. The molecule has 0 saturated carbocycles. The van der Waals surface area contributed by atoms with E-state index in [9.17, 15) is 4.79 Å². The van der Waals surface area contributed by atoms with E-state index >= 15 is 0 Å². The second kappa shape index (κ2) is 9.47. The van der Waals surface area contributed by atoms with Crippen LogP contribution >= 0.6 is 0 Å². The Morgan fingerprint density at radius 3 is 2.90 bits per heavy atom. The number of anilines is 1. The van der Waals surface area contributed by atoms with E-state index in [1.807, 2.05) is 31.2 Å². The van der Waals surface area contributed by atoms with E-state index in [1.165, 1.54) is 0 Å². The fourth-order valence-corrected chi connectivity index (χ4v) is 1.75. The Morgan fingerprint density at radius 1 is 1.40 bits per heavy atom. The van der Waals surface area contributed by atoms with E-state index in [2.05, 4.69) is 5.32 Å². The van der Waals surface area contributed by atoms with Gasteiger partial charge in [0.2, 0.25) is 5.91 Å². The minimum Gasteiger partial charge on any atom is -0.382 e. The van der Waals surface area contributed by atoms with Crippen molar-refractivity contribution in [1.29, 1.82) is 0 Å². The van der Waals surface area contributed by atoms with Gasteiger partial charge in [-0.25, -0.2) is 0 Å². The molecule has 112 valence electrons. The molecular formula is C15H24N2O3. The molecule has 1 atom stereocenters. The van der Waals surface area contributed by atoms with Crippen LogP contribution in [0.3, 0.4) is 0 Å². The number of nitrogens with two attached hydrogens (primary N) is 1. The summed E-state index contributed by atoms with van der Waals surface area (Å²) in [5.41, 5.74) is 7.52. The minimum absolute atomic E-state index is 0.149. The molecule has 0 bridgehead atoms. The maximum atomic E-state index is 11.8. The maximum absolute atomic E-state index is 11.8. The number of benzene rings is 1. The molecule has 1 aromatic rings. The summed E-state index contributed by atoms with van der Waals surface area (Å²) in [5.74, 6) is -0.149. The zero-order valence-electron chi connectivity index (χ0n) is 12.2. The standard InChI is InChI=1S/C15H24N2O3/c1-3-5-14(16)15(18)17-13-7-4-6-12(10-13)11-20-9-8-19-2/h4,6-7,10,14H,3,5,8-9,11,16H2,1-2H3,(H,17,18). The summed E-state index contributed by atoms with van der Waals surface area (Å²) in [7, 11) is 1.64. The third-order valence-corrected chi connectivity index (χ3v) is 2.83. The Labute approximate surface area is 120 Å². The summed E-state index contributed by atoms with van der Waals surface area (Å²) < 4.78 is 10.4. The molecule has 1 unspecified atom stereocenters. The molecule has 5 heteroatoms. The molecule has 1 rings (SSSR count). The van der Waals surface area contributed by atoms with Crippen molar-refractivity contribution in [2.75, 3.05) is 25.6 Å². The first kappa shape index (κ1) is 16.6. The smallest absolute Gasteiger partial charge is 0.241 e. The van der Waals surface area contributed by atoms with Crippen LogP contribution < -0.4 is 11.1 Å². The number of nitrogens with one attached hydrogen (secondary N) is 1. The molecule has 0 fully saturated rings. The normalized spacial score (nSPS) is 12.2. The average Bonchev–Trinajstić information content (AvgIpc) is 2.44. The zero-order valence-corrected chi connectivity index (χ0v) is 12.2. The lowest BCUT2D eigenvalue weighted by atomic mass is 10.1. The SMILES string of the molecule is CCCC(N)C(=O)Nc1cccc(COCCOC)c1. The molecule has 0 radical (unpaired) electrons. The van der Waals surface area contributed by atoms with Crippen LogP contribution in [0.5, 0.6) is 0 Å². The zero-order chi connectivity index (χ0) is 14.8. The highest BCUT2D eigenvalue weighted by molar-refractivity contribution is 5.94. The van der Waals surface area contributed by atoms with E-state index in [0.717, 1.165) is 17.7 Å². The van der Waals surface area contributed by atoms with Gasteiger partial charge in [-0.1, -0.05) is 25.5 Å². The van der Waals surface area contributed by atoms with Crippen LogP contribution in [0.15, 0.2) is 24.3 Å². The molecule has 0 aromatic heterocycles. The Hall–Kier alpha value is -1.43. The van der Waals surface area contributed by atoms with Gasteiger partial charge in [-0.2, -0.15) is 0 Å². The molecule has 5 nitrogen and oxygen atoms in total. The van der Waals surface area contributed by atoms with Gasteiger partial charge in [0, 0.05) is 12.8 Å². The number of rotatable bonds is 9. The molecular weight excluding hydrogens is 256 g/mol. The van der Waals surface area contributed by atoms with E-state index in [4.69, 9.17) is 15.2 Å². The van der Waals surface area contributed by atoms with Crippen LogP contribution in [0.2, 0.25) is 0 Å². The summed E-state index contributed by atoms with van der Waals surface area (Å²) in [6, 6.07) is 7.12. The number of hydrogen-bond donors (Lipinski definition) is 2. The van der Waals surface area contributed by atoms with Crippen molar-refractivity contribution in [3.8, 4) is 0 Å². The Kier molecular flexibility index (Phi) is 7.87. The van der Waals surface area contributed by atoms with Crippen LogP contribution in [0.4, 0.5) is 5.69 Å². The largest absolute Gasteiger partial charge is 0.382 e. The maximum Gasteiger partial charge on any atom is 0.241 e. The quantitative estimate of drug-likeness (QED) is 0.678. The topological polar surface area (TPSA) is 73.6 Å². The lowest BCUT2D eigenvalue weighted by Crippen LogP contribution is -2.35. The second-order valence-electron chi connectivity index (χ2n) is 4.63. The van der Waals surface area contributed by atoms with Gasteiger partial charge in [-0.05, 0) is 24.1 Å². The van der Waals surface area contributed by atoms with Crippen molar-refractivity contribution < 1.29 is 14.3 Å². The van der Waals surface area contributed by atoms with Crippen LogP contribution in [0, 0.1) is 0 Å². The van der Waals surface area contributed by atoms with Crippen molar-refractivity contribution in [2.45, 2.75) is 32.4 Å². The number of carbonyl (C=O) groups is 1.